The minimum Gasteiger partial charge on any atom is -0.330 e. The highest BCUT2D eigenvalue weighted by Crippen LogP contribution is 2.09. The average molecular weight is 277 g/mol. The Morgan fingerprint density at radius 3 is 2.56 bits per heavy atom. The lowest BCUT2D eigenvalue weighted by molar-refractivity contribution is 0.288. The smallest absolute Gasteiger partial charge is 0.211 e. The quantitative estimate of drug-likeness (QED) is 0.597. The zero-order valence-corrected chi connectivity index (χ0v) is 12.2. The van der Waals surface area contributed by atoms with Crippen LogP contribution in [-0.2, 0) is 10.0 Å². The highest BCUT2D eigenvalue weighted by atomic mass is 32.2. The number of sulfonamides is 1. The number of hydrogen-bond acceptors (Lipinski definition) is 4. The zero-order valence-electron chi connectivity index (χ0n) is 11.4. The van der Waals surface area contributed by atoms with Crippen LogP contribution in [0.4, 0.5) is 0 Å². The molecule has 0 spiro atoms. The molecule has 1 atom stereocenters. The maximum absolute atomic E-state index is 11.7. The van der Waals surface area contributed by atoms with Gasteiger partial charge in [-0.05, 0) is 51.2 Å². The zero-order chi connectivity index (χ0) is 13.4. The monoisotopic (exact) mass is 277 g/mol. The highest BCUT2D eigenvalue weighted by Gasteiger charge is 2.16. The van der Waals surface area contributed by atoms with Gasteiger partial charge in [0, 0.05) is 13.1 Å². The first-order valence-corrected chi connectivity index (χ1v) is 8.58. The third-order valence-electron chi connectivity index (χ3n) is 3.29. The molecule has 108 valence electrons. The Labute approximate surface area is 111 Å². The second-order valence-electron chi connectivity index (χ2n) is 5.28. The molecular weight excluding hydrogens is 250 g/mol. The van der Waals surface area contributed by atoms with Gasteiger partial charge in [0.25, 0.3) is 0 Å². The van der Waals surface area contributed by atoms with Crippen LogP contribution in [0.3, 0.4) is 0 Å². The molecule has 0 bridgehead atoms. The van der Waals surface area contributed by atoms with Crippen molar-refractivity contribution < 1.29 is 8.42 Å². The molecule has 0 aromatic rings. The van der Waals surface area contributed by atoms with E-state index >= 15 is 0 Å². The lowest BCUT2D eigenvalue weighted by atomic mass is 10.2. The molecular formula is C12H27N3O2S. The summed E-state index contributed by atoms with van der Waals surface area (Å²) in [6, 6.07) is 0. The van der Waals surface area contributed by atoms with E-state index in [2.05, 4.69) is 16.5 Å². The van der Waals surface area contributed by atoms with Gasteiger partial charge in [-0.1, -0.05) is 6.92 Å². The van der Waals surface area contributed by atoms with E-state index in [1.165, 1.54) is 12.8 Å². The van der Waals surface area contributed by atoms with E-state index in [0.29, 0.717) is 25.4 Å². The van der Waals surface area contributed by atoms with Crippen LogP contribution in [0.1, 0.15) is 32.6 Å². The molecule has 6 heteroatoms. The van der Waals surface area contributed by atoms with Crippen LogP contribution < -0.4 is 10.5 Å². The summed E-state index contributed by atoms with van der Waals surface area (Å²) in [4.78, 5) is 2.41. The van der Waals surface area contributed by atoms with Crippen LogP contribution in [0, 0.1) is 5.92 Å². The van der Waals surface area contributed by atoms with E-state index in [-0.39, 0.29) is 5.75 Å². The first-order valence-electron chi connectivity index (χ1n) is 6.93. The van der Waals surface area contributed by atoms with Gasteiger partial charge < -0.3 is 10.6 Å². The minimum absolute atomic E-state index is 0.195. The van der Waals surface area contributed by atoms with Gasteiger partial charge in [-0.25, -0.2) is 13.1 Å². The summed E-state index contributed by atoms with van der Waals surface area (Å²) in [6.07, 6.45) is 3.96. The molecule has 1 unspecified atom stereocenters. The van der Waals surface area contributed by atoms with Gasteiger partial charge >= 0.3 is 0 Å². The maximum atomic E-state index is 11.7. The van der Waals surface area contributed by atoms with Gasteiger partial charge in [-0.15, -0.1) is 0 Å². The van der Waals surface area contributed by atoms with Crippen molar-refractivity contribution in [2.75, 3.05) is 38.5 Å². The lowest BCUT2D eigenvalue weighted by Gasteiger charge is -2.20. The van der Waals surface area contributed by atoms with E-state index in [0.717, 1.165) is 26.1 Å². The van der Waals surface area contributed by atoms with Crippen LogP contribution in [0.5, 0.6) is 0 Å². The topological polar surface area (TPSA) is 75.4 Å². The van der Waals surface area contributed by atoms with Crippen molar-refractivity contribution in [3.05, 3.63) is 0 Å². The number of rotatable bonds is 9. The van der Waals surface area contributed by atoms with Gasteiger partial charge in [-0.2, -0.15) is 0 Å². The second kappa shape index (κ2) is 8.09. The molecule has 18 heavy (non-hydrogen) atoms. The van der Waals surface area contributed by atoms with E-state index in [1.54, 1.807) is 0 Å². The number of nitrogens with zero attached hydrogens (tertiary/aromatic N) is 1. The van der Waals surface area contributed by atoms with Crippen LogP contribution >= 0.6 is 0 Å². The van der Waals surface area contributed by atoms with E-state index < -0.39 is 10.0 Å². The summed E-state index contributed by atoms with van der Waals surface area (Å²) in [7, 11) is -3.11. The molecule has 0 saturated carbocycles. The SMILES string of the molecule is CC(CNS(=O)(=O)CCCCN)CN1CCCC1. The van der Waals surface area contributed by atoms with Gasteiger partial charge in [-0.3, -0.25) is 0 Å². The standard InChI is InChI=1S/C12H27N3O2S/c1-12(11-15-7-3-4-8-15)10-14-18(16,17)9-5-2-6-13/h12,14H,2-11,13H2,1H3. The van der Waals surface area contributed by atoms with Crippen LogP contribution in [0.15, 0.2) is 0 Å². The van der Waals surface area contributed by atoms with Gasteiger partial charge in [0.15, 0.2) is 0 Å². The lowest BCUT2D eigenvalue weighted by Crippen LogP contribution is -2.35. The van der Waals surface area contributed by atoms with Crippen molar-refractivity contribution in [1.82, 2.24) is 9.62 Å². The molecule has 3 N–H and O–H groups in total. The number of likely N-dealkylation sites (tertiary alicyclic amines) is 1. The molecule has 0 amide bonds. The molecule has 1 heterocycles. The summed E-state index contributed by atoms with van der Waals surface area (Å²) >= 11 is 0. The first kappa shape index (κ1) is 15.9. The summed E-state index contributed by atoms with van der Waals surface area (Å²) in [5.41, 5.74) is 5.35. The normalized spacial score (nSPS) is 19.2. The number of nitrogens with two attached hydrogens (primary N) is 1. The Hall–Kier alpha value is -0.170. The van der Waals surface area contributed by atoms with E-state index in [9.17, 15) is 8.42 Å². The molecule has 0 aromatic carbocycles. The summed E-state index contributed by atoms with van der Waals surface area (Å²) in [6.45, 7) is 6.51. The third kappa shape index (κ3) is 6.68. The van der Waals surface area contributed by atoms with Gasteiger partial charge in [0.05, 0.1) is 5.75 Å². The van der Waals surface area contributed by atoms with Crippen LogP contribution in [0.2, 0.25) is 0 Å². The molecule has 0 radical (unpaired) electrons. The second-order valence-corrected chi connectivity index (χ2v) is 7.20. The Bertz CT molecular complexity index is 313. The highest BCUT2D eigenvalue weighted by molar-refractivity contribution is 7.89. The Kier molecular flexibility index (Phi) is 7.14. The van der Waals surface area contributed by atoms with Gasteiger partial charge in [0.2, 0.25) is 10.0 Å². The van der Waals surface area contributed by atoms with Crippen LogP contribution in [0.25, 0.3) is 0 Å². The number of nitrogens with one attached hydrogen (secondary N) is 1. The molecule has 5 nitrogen and oxygen atoms in total. The number of hydrogen-bond donors (Lipinski definition) is 2. The summed E-state index contributed by atoms with van der Waals surface area (Å²) in [5.74, 6) is 0.563. The first-order chi connectivity index (χ1) is 8.53. The van der Waals surface area contributed by atoms with Crippen molar-refractivity contribution in [3.63, 3.8) is 0 Å². The van der Waals surface area contributed by atoms with Crippen molar-refractivity contribution in [2.24, 2.45) is 11.7 Å². The van der Waals surface area contributed by atoms with E-state index in [1.807, 2.05) is 0 Å². The molecule has 1 saturated heterocycles. The molecule has 1 rings (SSSR count). The molecule has 0 aromatic heterocycles. The van der Waals surface area contributed by atoms with Crippen LogP contribution in [-0.4, -0.2) is 51.8 Å². The van der Waals surface area contributed by atoms with Crippen molar-refractivity contribution in [2.45, 2.75) is 32.6 Å². The maximum Gasteiger partial charge on any atom is 0.211 e. The Morgan fingerprint density at radius 2 is 1.94 bits per heavy atom. The molecule has 1 aliphatic heterocycles. The summed E-state index contributed by atoms with van der Waals surface area (Å²) < 4.78 is 26.1. The predicted molar refractivity (Wildman–Crippen MR) is 74.9 cm³/mol. The number of unbranched alkanes of at least 4 members (excludes halogenated alkanes) is 1. The largest absolute Gasteiger partial charge is 0.330 e. The van der Waals surface area contributed by atoms with E-state index in [4.69, 9.17) is 5.73 Å². The predicted octanol–water partition coefficient (Wildman–Crippen LogP) is 0.377. The van der Waals surface area contributed by atoms with Gasteiger partial charge in [0.1, 0.15) is 0 Å². The van der Waals surface area contributed by atoms with Crippen molar-refractivity contribution >= 4 is 10.0 Å². The fraction of sp³-hybridized carbons (Fsp3) is 1.00. The fourth-order valence-electron chi connectivity index (χ4n) is 2.25. The Morgan fingerprint density at radius 1 is 1.28 bits per heavy atom. The summed E-state index contributed by atoms with van der Waals surface area (Å²) in [5, 5.41) is 0. The average Bonchev–Trinajstić information content (AvgIpc) is 2.80. The fourth-order valence-corrected chi connectivity index (χ4v) is 3.52. The van der Waals surface area contributed by atoms with Crippen molar-refractivity contribution in [1.29, 1.82) is 0 Å². The minimum atomic E-state index is -3.11. The Balaban J connectivity index is 2.17. The molecule has 1 aliphatic rings. The molecule has 1 fully saturated rings. The van der Waals surface area contributed by atoms with Crippen molar-refractivity contribution in [3.8, 4) is 0 Å². The third-order valence-corrected chi connectivity index (χ3v) is 4.72. The molecule has 0 aliphatic carbocycles.